The van der Waals surface area contributed by atoms with Crippen LogP contribution in [0.5, 0.6) is 0 Å². The van der Waals surface area contributed by atoms with E-state index in [2.05, 4.69) is 15.3 Å². The molecule has 0 unspecified atom stereocenters. The van der Waals surface area contributed by atoms with Crippen LogP contribution < -0.4 is 0 Å². The molecule has 144 valence electrons. The van der Waals surface area contributed by atoms with E-state index in [1.165, 1.54) is 0 Å². The molecule has 0 spiro atoms. The lowest BCUT2D eigenvalue weighted by Gasteiger charge is -2.08. The summed E-state index contributed by atoms with van der Waals surface area (Å²) in [6, 6.07) is 6.58. The molecule has 10 heteroatoms. The van der Waals surface area contributed by atoms with Crippen molar-refractivity contribution in [3.8, 4) is 22.5 Å². The SMILES string of the molecule is Cc1ccc(S(=O)(=O)n2nc(-c3cnn(C)c3)c(Cl)c2-c2cnn(C)c2)cc1. The number of nitrogens with zero attached hydrogens (tertiary/aromatic N) is 6. The summed E-state index contributed by atoms with van der Waals surface area (Å²) >= 11 is 6.61. The Hall–Kier alpha value is -2.91. The zero-order valence-electron chi connectivity index (χ0n) is 15.4. The van der Waals surface area contributed by atoms with Crippen molar-refractivity contribution in [1.29, 1.82) is 0 Å². The fourth-order valence-corrected chi connectivity index (χ4v) is 4.57. The van der Waals surface area contributed by atoms with Crippen LogP contribution in [0.15, 0.2) is 53.9 Å². The monoisotopic (exact) mass is 416 g/mol. The van der Waals surface area contributed by atoms with Gasteiger partial charge in [-0.2, -0.15) is 27.8 Å². The molecule has 0 radical (unpaired) electrons. The first-order valence-corrected chi connectivity index (χ1v) is 10.2. The van der Waals surface area contributed by atoms with E-state index in [0.29, 0.717) is 16.8 Å². The first kappa shape index (κ1) is 18.5. The second kappa shape index (κ2) is 6.61. The van der Waals surface area contributed by atoms with Crippen molar-refractivity contribution in [2.45, 2.75) is 11.8 Å². The van der Waals surface area contributed by atoms with Crippen LogP contribution >= 0.6 is 11.6 Å². The summed E-state index contributed by atoms with van der Waals surface area (Å²) in [6.45, 7) is 1.89. The fraction of sp³-hybridized carbons (Fsp3) is 0.167. The predicted molar refractivity (Wildman–Crippen MR) is 105 cm³/mol. The summed E-state index contributed by atoms with van der Waals surface area (Å²) in [5.74, 6) is 0. The van der Waals surface area contributed by atoms with Crippen molar-refractivity contribution in [2.24, 2.45) is 14.1 Å². The van der Waals surface area contributed by atoms with Crippen LogP contribution in [0, 0.1) is 6.92 Å². The van der Waals surface area contributed by atoms with Crippen LogP contribution in [-0.4, -0.2) is 37.2 Å². The standard InChI is InChI=1S/C18H17ClN6O2S/c1-12-4-6-15(7-5-12)28(26,27)25-18(14-9-21-24(3)11-14)16(19)17(22-25)13-8-20-23(2)10-13/h4-11H,1-3H3. The minimum atomic E-state index is -3.97. The van der Waals surface area contributed by atoms with Crippen molar-refractivity contribution in [3.05, 3.63) is 59.6 Å². The molecule has 0 bridgehead atoms. The van der Waals surface area contributed by atoms with E-state index in [0.717, 1.165) is 9.65 Å². The van der Waals surface area contributed by atoms with Crippen molar-refractivity contribution in [1.82, 2.24) is 28.7 Å². The summed E-state index contributed by atoms with van der Waals surface area (Å²) in [7, 11) is -0.463. The summed E-state index contributed by atoms with van der Waals surface area (Å²) in [6.07, 6.45) is 6.56. The highest BCUT2D eigenvalue weighted by Gasteiger charge is 2.29. The number of hydrogen-bond donors (Lipinski definition) is 0. The maximum atomic E-state index is 13.3. The Morgan fingerprint density at radius 1 is 0.929 bits per heavy atom. The number of benzene rings is 1. The molecule has 1 aromatic carbocycles. The number of aryl methyl sites for hydroxylation is 3. The van der Waals surface area contributed by atoms with Gasteiger partial charge in [0.1, 0.15) is 11.4 Å². The fourth-order valence-electron chi connectivity index (χ4n) is 2.87. The van der Waals surface area contributed by atoms with Gasteiger partial charge in [0, 0.05) is 37.6 Å². The van der Waals surface area contributed by atoms with Crippen LogP contribution in [0.3, 0.4) is 0 Å². The molecule has 3 aromatic heterocycles. The van der Waals surface area contributed by atoms with Crippen LogP contribution in [-0.2, 0) is 24.1 Å². The molecule has 0 aliphatic carbocycles. The Morgan fingerprint density at radius 2 is 1.50 bits per heavy atom. The van der Waals surface area contributed by atoms with Crippen molar-refractivity contribution >= 4 is 21.6 Å². The zero-order chi connectivity index (χ0) is 20.1. The molecule has 8 nitrogen and oxygen atoms in total. The van der Waals surface area contributed by atoms with Gasteiger partial charge in [-0.3, -0.25) is 9.36 Å². The average Bonchev–Trinajstić information content (AvgIpc) is 3.34. The van der Waals surface area contributed by atoms with Gasteiger partial charge < -0.3 is 0 Å². The van der Waals surface area contributed by atoms with Gasteiger partial charge in [0.25, 0.3) is 10.0 Å². The van der Waals surface area contributed by atoms with E-state index < -0.39 is 10.0 Å². The van der Waals surface area contributed by atoms with Gasteiger partial charge in [0.15, 0.2) is 0 Å². The maximum absolute atomic E-state index is 13.3. The van der Waals surface area contributed by atoms with Crippen LogP contribution in [0.1, 0.15) is 5.56 Å². The largest absolute Gasteiger partial charge is 0.283 e. The number of hydrogen-bond acceptors (Lipinski definition) is 5. The second-order valence-electron chi connectivity index (χ2n) is 6.48. The highest BCUT2D eigenvalue weighted by Crippen LogP contribution is 2.37. The molecule has 0 fully saturated rings. The number of halogens is 1. The van der Waals surface area contributed by atoms with Gasteiger partial charge in [-0.05, 0) is 19.1 Å². The third kappa shape index (κ3) is 3.02. The summed E-state index contributed by atoms with van der Waals surface area (Å²) in [5, 5.41) is 12.8. The Labute approximate surface area is 167 Å². The second-order valence-corrected chi connectivity index (χ2v) is 8.62. The van der Waals surface area contributed by atoms with Crippen LogP contribution in [0.2, 0.25) is 5.02 Å². The molecule has 0 amide bonds. The Morgan fingerprint density at radius 3 is 2.04 bits per heavy atom. The molecule has 0 N–H and O–H groups in total. The maximum Gasteiger partial charge on any atom is 0.283 e. The Balaban J connectivity index is 1.99. The molecule has 0 aliphatic rings. The van der Waals surface area contributed by atoms with Gasteiger partial charge in [0.05, 0.1) is 22.3 Å². The summed E-state index contributed by atoms with van der Waals surface area (Å²) < 4.78 is 30.8. The average molecular weight is 417 g/mol. The van der Waals surface area contributed by atoms with Gasteiger partial charge in [-0.15, -0.1) is 0 Å². The van der Waals surface area contributed by atoms with Gasteiger partial charge in [0.2, 0.25) is 0 Å². The molecule has 4 rings (SSSR count). The number of rotatable bonds is 4. The molecule has 28 heavy (non-hydrogen) atoms. The van der Waals surface area contributed by atoms with E-state index in [9.17, 15) is 8.42 Å². The molecule has 0 saturated carbocycles. The Kier molecular flexibility index (Phi) is 4.35. The zero-order valence-corrected chi connectivity index (χ0v) is 17.0. The molecule has 4 aromatic rings. The molecule has 0 aliphatic heterocycles. The van der Waals surface area contributed by atoms with Crippen molar-refractivity contribution < 1.29 is 8.42 Å². The van der Waals surface area contributed by atoms with E-state index >= 15 is 0 Å². The molecular formula is C18H17ClN6O2S. The van der Waals surface area contributed by atoms with E-state index in [1.807, 2.05) is 6.92 Å². The third-order valence-corrected chi connectivity index (χ3v) is 6.25. The van der Waals surface area contributed by atoms with E-state index in [4.69, 9.17) is 11.6 Å². The van der Waals surface area contributed by atoms with Gasteiger partial charge >= 0.3 is 0 Å². The molecule has 3 heterocycles. The quantitative estimate of drug-likeness (QED) is 0.510. The van der Waals surface area contributed by atoms with Gasteiger partial charge in [-0.1, -0.05) is 29.3 Å². The highest BCUT2D eigenvalue weighted by molar-refractivity contribution is 7.90. The van der Waals surface area contributed by atoms with Crippen molar-refractivity contribution in [3.63, 3.8) is 0 Å². The molecule has 0 atom stereocenters. The minimum Gasteiger partial charge on any atom is -0.275 e. The lowest BCUT2D eigenvalue weighted by Crippen LogP contribution is -2.16. The van der Waals surface area contributed by atoms with Gasteiger partial charge in [-0.25, -0.2) is 0 Å². The molecule has 0 saturated heterocycles. The first-order chi connectivity index (χ1) is 13.3. The lowest BCUT2D eigenvalue weighted by atomic mass is 10.2. The van der Waals surface area contributed by atoms with Crippen molar-refractivity contribution in [2.75, 3.05) is 0 Å². The third-order valence-electron chi connectivity index (χ3n) is 4.30. The smallest absolute Gasteiger partial charge is 0.275 e. The Bertz CT molecular complexity index is 1270. The predicted octanol–water partition coefficient (Wildman–Crippen LogP) is 2.88. The minimum absolute atomic E-state index is 0.125. The normalized spacial score (nSPS) is 11.9. The number of aromatic nitrogens is 6. The topological polar surface area (TPSA) is 87.6 Å². The molecular weight excluding hydrogens is 400 g/mol. The summed E-state index contributed by atoms with van der Waals surface area (Å²) in [5.41, 5.74) is 2.72. The lowest BCUT2D eigenvalue weighted by molar-refractivity contribution is 0.581. The van der Waals surface area contributed by atoms with Crippen LogP contribution in [0.25, 0.3) is 22.5 Å². The van der Waals surface area contributed by atoms with E-state index in [-0.39, 0.29) is 15.6 Å². The first-order valence-electron chi connectivity index (χ1n) is 8.36. The highest BCUT2D eigenvalue weighted by atomic mass is 35.5. The van der Waals surface area contributed by atoms with Crippen LogP contribution in [0.4, 0.5) is 0 Å². The van der Waals surface area contributed by atoms with E-state index in [1.54, 1.807) is 72.5 Å². The summed E-state index contributed by atoms with van der Waals surface area (Å²) in [4.78, 5) is 0.125.